The molecule has 84 valence electrons. The molecule has 1 N–H and O–H groups in total. The highest BCUT2D eigenvalue weighted by molar-refractivity contribution is 5.83. The number of para-hydroxylation sites is 1. The fourth-order valence-corrected chi connectivity index (χ4v) is 1.60. The van der Waals surface area contributed by atoms with Gasteiger partial charge in [-0.2, -0.15) is 0 Å². The van der Waals surface area contributed by atoms with Crippen LogP contribution in [-0.4, -0.2) is 17.5 Å². The van der Waals surface area contributed by atoms with E-state index in [-0.39, 0.29) is 12.4 Å². The van der Waals surface area contributed by atoms with Gasteiger partial charge >= 0.3 is 0 Å². The molecule has 0 aromatic heterocycles. The molecule has 0 unspecified atom stereocenters. The molecule has 0 bridgehead atoms. The van der Waals surface area contributed by atoms with Gasteiger partial charge in [-0.1, -0.05) is 18.2 Å². The summed E-state index contributed by atoms with van der Waals surface area (Å²) in [5.74, 6) is 0.0737. The number of carbonyl (C=O) groups excluding carboxylic acids is 1. The normalized spacial score (nSPS) is 9.81. The Hall–Kier alpha value is -1.66. The van der Waals surface area contributed by atoms with E-state index < -0.39 is 0 Å². The van der Waals surface area contributed by atoms with Crippen LogP contribution in [0.1, 0.15) is 24.0 Å². The van der Waals surface area contributed by atoms with Gasteiger partial charge in [-0.25, -0.2) is 4.85 Å². The Kier molecular flexibility index (Phi) is 4.68. The molecule has 0 aliphatic rings. The topological polar surface area (TPSA) is 41.7 Å². The number of carbonyl (C=O) groups is 1. The minimum Gasteiger partial charge on any atom is -0.396 e. The molecule has 0 heterocycles. The molecule has 0 atom stereocenters. The van der Waals surface area contributed by atoms with Crippen molar-refractivity contribution in [1.29, 1.82) is 0 Å². The lowest BCUT2D eigenvalue weighted by molar-refractivity contribution is -0.118. The molecule has 1 rings (SSSR count). The van der Waals surface area contributed by atoms with E-state index in [1.165, 1.54) is 0 Å². The van der Waals surface area contributed by atoms with Crippen LogP contribution in [0.2, 0.25) is 0 Å². The van der Waals surface area contributed by atoms with Crippen molar-refractivity contribution >= 4 is 11.5 Å². The number of benzene rings is 1. The molecule has 3 nitrogen and oxygen atoms in total. The molecular weight excluding hydrogens is 202 g/mol. The second-order valence-electron chi connectivity index (χ2n) is 3.74. The van der Waals surface area contributed by atoms with Crippen molar-refractivity contribution in [1.82, 2.24) is 0 Å². The summed E-state index contributed by atoms with van der Waals surface area (Å²) in [7, 11) is 0. The first kappa shape index (κ1) is 12.4. The van der Waals surface area contributed by atoms with Gasteiger partial charge in [-0.15, -0.1) is 0 Å². The smallest absolute Gasteiger partial charge is 0.193 e. The lowest BCUT2D eigenvalue weighted by Gasteiger charge is -2.05. The Morgan fingerprint density at radius 3 is 2.88 bits per heavy atom. The molecule has 16 heavy (non-hydrogen) atoms. The van der Waals surface area contributed by atoms with Crippen LogP contribution in [0.5, 0.6) is 0 Å². The first-order valence-electron chi connectivity index (χ1n) is 5.27. The van der Waals surface area contributed by atoms with E-state index >= 15 is 0 Å². The Morgan fingerprint density at radius 1 is 1.50 bits per heavy atom. The number of hydrogen-bond acceptors (Lipinski definition) is 2. The van der Waals surface area contributed by atoms with Crippen LogP contribution in [0, 0.1) is 13.5 Å². The third-order valence-electron chi connectivity index (χ3n) is 2.43. The molecule has 1 aromatic carbocycles. The highest BCUT2D eigenvalue weighted by Gasteiger charge is 2.09. The molecule has 0 spiro atoms. The summed E-state index contributed by atoms with van der Waals surface area (Å²) in [5.41, 5.74) is 2.28. The lowest BCUT2D eigenvalue weighted by Crippen LogP contribution is -2.04. The van der Waals surface area contributed by atoms with Crippen LogP contribution in [0.3, 0.4) is 0 Å². The van der Waals surface area contributed by atoms with Crippen LogP contribution >= 0.6 is 0 Å². The van der Waals surface area contributed by atoms with Crippen LogP contribution in [0.15, 0.2) is 18.2 Å². The molecule has 0 aliphatic heterocycles. The summed E-state index contributed by atoms with van der Waals surface area (Å²) in [6, 6.07) is 5.55. The van der Waals surface area contributed by atoms with Crippen molar-refractivity contribution in [3.8, 4) is 0 Å². The van der Waals surface area contributed by atoms with Crippen LogP contribution in [0.4, 0.5) is 5.69 Å². The maximum Gasteiger partial charge on any atom is 0.193 e. The van der Waals surface area contributed by atoms with Crippen molar-refractivity contribution in [2.45, 2.75) is 26.2 Å². The summed E-state index contributed by atoms with van der Waals surface area (Å²) in [5, 5.41) is 8.63. The zero-order valence-electron chi connectivity index (χ0n) is 9.36. The number of ketones is 1. The Bertz CT molecular complexity index is 418. The summed E-state index contributed by atoms with van der Waals surface area (Å²) in [4.78, 5) is 15.0. The SMILES string of the molecule is [C-]#[N+]c1c(C)cccc1CC(=O)CCCO. The zero-order valence-corrected chi connectivity index (χ0v) is 9.36. The molecule has 1 aromatic rings. The van der Waals surface area contributed by atoms with E-state index in [4.69, 9.17) is 11.7 Å². The number of aliphatic hydroxyl groups is 1. The maximum absolute atomic E-state index is 11.5. The molecule has 0 saturated heterocycles. The van der Waals surface area contributed by atoms with E-state index in [1.54, 1.807) is 0 Å². The largest absolute Gasteiger partial charge is 0.396 e. The minimum absolute atomic E-state index is 0.0369. The van der Waals surface area contributed by atoms with E-state index in [0.717, 1.165) is 11.1 Å². The standard InChI is InChI=1S/C13H15NO2/c1-10-5-3-6-11(13(10)14-2)9-12(16)7-4-8-15/h3,5-6,15H,4,7-9H2,1H3. The van der Waals surface area contributed by atoms with Crippen molar-refractivity contribution in [2.75, 3.05) is 6.61 Å². The van der Waals surface area contributed by atoms with Crippen molar-refractivity contribution in [3.63, 3.8) is 0 Å². The number of hydrogen-bond donors (Lipinski definition) is 1. The van der Waals surface area contributed by atoms with Gasteiger partial charge in [0.15, 0.2) is 5.69 Å². The third-order valence-corrected chi connectivity index (χ3v) is 2.43. The summed E-state index contributed by atoms with van der Waals surface area (Å²) in [6.45, 7) is 8.99. The van der Waals surface area contributed by atoms with E-state index in [9.17, 15) is 4.79 Å². The van der Waals surface area contributed by atoms with Crippen LogP contribution in [0.25, 0.3) is 4.85 Å². The van der Waals surface area contributed by atoms with Crippen LogP contribution in [-0.2, 0) is 11.2 Å². The summed E-state index contributed by atoms with van der Waals surface area (Å²) < 4.78 is 0. The zero-order chi connectivity index (χ0) is 12.0. The fraction of sp³-hybridized carbons (Fsp3) is 0.385. The average Bonchev–Trinajstić information content (AvgIpc) is 2.27. The second-order valence-corrected chi connectivity index (χ2v) is 3.74. The van der Waals surface area contributed by atoms with E-state index in [2.05, 4.69) is 4.85 Å². The predicted molar refractivity (Wildman–Crippen MR) is 62.5 cm³/mol. The molecule has 0 aliphatic carbocycles. The first-order chi connectivity index (χ1) is 7.69. The number of rotatable bonds is 5. The Balaban J connectivity index is 2.78. The van der Waals surface area contributed by atoms with Gasteiger partial charge in [0.2, 0.25) is 0 Å². The van der Waals surface area contributed by atoms with Gasteiger partial charge in [-0.3, -0.25) is 4.79 Å². The van der Waals surface area contributed by atoms with Crippen molar-refractivity contribution in [3.05, 3.63) is 40.7 Å². The van der Waals surface area contributed by atoms with Crippen molar-refractivity contribution < 1.29 is 9.90 Å². The fourth-order valence-electron chi connectivity index (χ4n) is 1.60. The molecule has 0 amide bonds. The van der Waals surface area contributed by atoms with Gasteiger partial charge < -0.3 is 5.11 Å². The average molecular weight is 217 g/mol. The first-order valence-corrected chi connectivity index (χ1v) is 5.27. The van der Waals surface area contributed by atoms with E-state index in [1.807, 2.05) is 25.1 Å². The quantitative estimate of drug-likeness (QED) is 0.769. The number of Topliss-reactive ketones (excluding diaryl/α,β-unsaturated/α-hetero) is 1. The second kappa shape index (κ2) is 6.04. The minimum atomic E-state index is 0.0369. The van der Waals surface area contributed by atoms with E-state index in [0.29, 0.717) is 24.9 Å². The molecule has 0 fully saturated rings. The van der Waals surface area contributed by atoms with Gasteiger partial charge in [0, 0.05) is 19.4 Å². The number of aliphatic hydroxyl groups excluding tert-OH is 1. The Labute approximate surface area is 95.5 Å². The maximum atomic E-state index is 11.5. The van der Waals surface area contributed by atoms with Gasteiger partial charge in [0.1, 0.15) is 5.78 Å². The summed E-state index contributed by atoms with van der Waals surface area (Å²) >= 11 is 0. The molecule has 0 saturated carbocycles. The highest BCUT2D eigenvalue weighted by Crippen LogP contribution is 2.24. The van der Waals surface area contributed by atoms with Gasteiger partial charge in [-0.05, 0) is 24.5 Å². The Morgan fingerprint density at radius 2 is 2.25 bits per heavy atom. The monoisotopic (exact) mass is 217 g/mol. The number of aryl methyl sites for hydroxylation is 1. The summed E-state index contributed by atoms with van der Waals surface area (Å²) in [6.07, 6.45) is 1.17. The van der Waals surface area contributed by atoms with Crippen LogP contribution < -0.4 is 0 Å². The number of nitrogens with zero attached hydrogens (tertiary/aromatic N) is 1. The third kappa shape index (κ3) is 3.18. The van der Waals surface area contributed by atoms with Gasteiger partial charge in [0.05, 0.1) is 6.57 Å². The lowest BCUT2D eigenvalue weighted by atomic mass is 10.0. The molecule has 3 heteroatoms. The highest BCUT2D eigenvalue weighted by atomic mass is 16.3. The van der Waals surface area contributed by atoms with Gasteiger partial charge in [0.25, 0.3) is 0 Å². The molecule has 0 radical (unpaired) electrons. The molecular formula is C13H15NO2. The van der Waals surface area contributed by atoms with Crippen molar-refractivity contribution in [2.24, 2.45) is 0 Å². The predicted octanol–water partition coefficient (Wildman–Crippen LogP) is 2.43.